The first kappa shape index (κ1) is 15.0. The number of hydrogen-bond donors (Lipinski definition) is 3. The molecule has 5 nitrogen and oxygen atoms in total. The molecule has 1 amide bonds. The van der Waals surface area contributed by atoms with E-state index in [-0.39, 0.29) is 23.3 Å². The lowest BCUT2D eigenvalue weighted by Gasteiger charge is -2.24. The second-order valence-corrected chi connectivity index (χ2v) is 6.76. The molecule has 1 aliphatic rings. The van der Waals surface area contributed by atoms with Crippen LogP contribution in [0.3, 0.4) is 0 Å². The maximum atomic E-state index is 12.1. The Balaban J connectivity index is 1.85. The third kappa shape index (κ3) is 3.82. The summed E-state index contributed by atoms with van der Waals surface area (Å²) >= 11 is 0. The van der Waals surface area contributed by atoms with Crippen LogP contribution in [0.15, 0.2) is 6.07 Å². The van der Waals surface area contributed by atoms with Gasteiger partial charge in [0, 0.05) is 11.3 Å². The summed E-state index contributed by atoms with van der Waals surface area (Å²) in [5, 5.41) is 19.8. The molecule has 20 heavy (non-hydrogen) atoms. The predicted molar refractivity (Wildman–Crippen MR) is 77.1 cm³/mol. The molecule has 1 saturated carbocycles. The van der Waals surface area contributed by atoms with Crippen LogP contribution in [0.4, 0.5) is 0 Å². The van der Waals surface area contributed by atoms with E-state index < -0.39 is 0 Å². The van der Waals surface area contributed by atoms with Crippen LogP contribution in [0.25, 0.3) is 0 Å². The molecule has 1 aromatic rings. The zero-order chi connectivity index (χ0) is 14.8. The average Bonchev–Trinajstić information content (AvgIpc) is 2.84. The Morgan fingerprint density at radius 1 is 1.50 bits per heavy atom. The summed E-state index contributed by atoms with van der Waals surface area (Å²) < 4.78 is 0. The number of rotatable bonds is 3. The summed E-state index contributed by atoms with van der Waals surface area (Å²) in [5.74, 6) is -0.0144. The third-order valence-corrected chi connectivity index (χ3v) is 3.87. The lowest BCUT2D eigenvalue weighted by molar-refractivity contribution is -0.127. The molecule has 112 valence electrons. The summed E-state index contributed by atoms with van der Waals surface area (Å²) in [7, 11) is 0. The number of carbonyl (C=O) groups is 1. The minimum absolute atomic E-state index is 0.00619. The van der Waals surface area contributed by atoms with Crippen molar-refractivity contribution in [1.29, 1.82) is 0 Å². The van der Waals surface area contributed by atoms with Gasteiger partial charge in [-0.3, -0.25) is 9.89 Å². The lowest BCUT2D eigenvalue weighted by Crippen LogP contribution is -2.34. The fourth-order valence-electron chi connectivity index (χ4n) is 2.57. The monoisotopic (exact) mass is 279 g/mol. The van der Waals surface area contributed by atoms with Crippen molar-refractivity contribution in [3.05, 3.63) is 17.5 Å². The van der Waals surface area contributed by atoms with Gasteiger partial charge in [0.1, 0.15) is 0 Å². The van der Waals surface area contributed by atoms with Gasteiger partial charge in [0.25, 0.3) is 0 Å². The topological polar surface area (TPSA) is 78.0 Å². The van der Waals surface area contributed by atoms with Gasteiger partial charge in [0.15, 0.2) is 0 Å². The molecule has 0 saturated heterocycles. The molecule has 1 aliphatic carbocycles. The van der Waals surface area contributed by atoms with Gasteiger partial charge in [-0.1, -0.05) is 27.2 Å². The summed E-state index contributed by atoms with van der Waals surface area (Å²) in [6.45, 7) is 6.79. The summed E-state index contributed by atoms with van der Waals surface area (Å²) in [4.78, 5) is 12.1. The van der Waals surface area contributed by atoms with Crippen LogP contribution in [0.2, 0.25) is 0 Å². The van der Waals surface area contributed by atoms with Crippen molar-refractivity contribution < 1.29 is 9.90 Å². The number of aliphatic hydroxyl groups excluding tert-OH is 1. The highest BCUT2D eigenvalue weighted by Gasteiger charge is 2.26. The van der Waals surface area contributed by atoms with E-state index in [1.807, 2.05) is 6.07 Å². The standard InChI is InChI=1S/C15H25N3O2/c1-15(2,3)13-8-11(17-18-13)9-16-14(20)10-5-4-6-12(19)7-10/h8,10,12,19H,4-7,9H2,1-3H3,(H,16,20)(H,17,18)/t10-,12+/m1/s1. The molecule has 2 atom stereocenters. The molecule has 5 heteroatoms. The SMILES string of the molecule is CC(C)(C)c1cc(CNC(=O)[C@@H]2CCC[C@H](O)C2)[nH]n1. The molecule has 1 fully saturated rings. The zero-order valence-electron chi connectivity index (χ0n) is 12.6. The van der Waals surface area contributed by atoms with Crippen LogP contribution in [0, 0.1) is 5.92 Å². The zero-order valence-corrected chi connectivity index (χ0v) is 12.6. The van der Waals surface area contributed by atoms with Crippen LogP contribution in [-0.2, 0) is 16.8 Å². The maximum absolute atomic E-state index is 12.1. The molecule has 1 aromatic heterocycles. The molecule has 0 aromatic carbocycles. The first-order valence-electron chi connectivity index (χ1n) is 7.37. The Morgan fingerprint density at radius 2 is 2.25 bits per heavy atom. The van der Waals surface area contributed by atoms with E-state index in [4.69, 9.17) is 0 Å². The molecular formula is C15H25N3O2. The number of aliphatic hydroxyl groups is 1. The quantitative estimate of drug-likeness (QED) is 0.790. The molecular weight excluding hydrogens is 254 g/mol. The van der Waals surface area contributed by atoms with Gasteiger partial charge in [0.05, 0.1) is 24.0 Å². The van der Waals surface area contributed by atoms with Crippen molar-refractivity contribution in [3.63, 3.8) is 0 Å². The average molecular weight is 279 g/mol. The van der Waals surface area contributed by atoms with Crippen molar-refractivity contribution in [1.82, 2.24) is 15.5 Å². The molecule has 1 heterocycles. The number of carbonyl (C=O) groups excluding carboxylic acids is 1. The van der Waals surface area contributed by atoms with Gasteiger partial charge in [-0.15, -0.1) is 0 Å². The Bertz CT molecular complexity index is 462. The summed E-state index contributed by atoms with van der Waals surface area (Å²) in [5.41, 5.74) is 1.92. The third-order valence-electron chi connectivity index (χ3n) is 3.87. The number of H-pyrrole nitrogens is 1. The van der Waals surface area contributed by atoms with E-state index in [0.717, 1.165) is 30.7 Å². The van der Waals surface area contributed by atoms with Crippen molar-refractivity contribution in [3.8, 4) is 0 Å². The normalized spacial score (nSPS) is 23.6. The highest BCUT2D eigenvalue weighted by molar-refractivity contribution is 5.78. The minimum atomic E-state index is -0.320. The molecule has 0 unspecified atom stereocenters. The van der Waals surface area contributed by atoms with E-state index in [2.05, 4.69) is 36.3 Å². The van der Waals surface area contributed by atoms with Gasteiger partial charge in [-0.05, 0) is 25.3 Å². The van der Waals surface area contributed by atoms with Crippen molar-refractivity contribution in [2.75, 3.05) is 0 Å². The summed E-state index contributed by atoms with van der Waals surface area (Å²) in [6, 6.07) is 2.00. The first-order valence-corrected chi connectivity index (χ1v) is 7.37. The number of nitrogens with one attached hydrogen (secondary N) is 2. The van der Waals surface area contributed by atoms with E-state index >= 15 is 0 Å². The minimum Gasteiger partial charge on any atom is -0.393 e. The lowest BCUT2D eigenvalue weighted by atomic mass is 9.86. The molecule has 0 bridgehead atoms. The largest absolute Gasteiger partial charge is 0.393 e. The fourth-order valence-corrected chi connectivity index (χ4v) is 2.57. The highest BCUT2D eigenvalue weighted by Crippen LogP contribution is 2.24. The van der Waals surface area contributed by atoms with Crippen LogP contribution < -0.4 is 5.32 Å². The van der Waals surface area contributed by atoms with Gasteiger partial charge in [-0.2, -0.15) is 5.10 Å². The first-order chi connectivity index (χ1) is 9.36. The Labute approximate surface area is 120 Å². The van der Waals surface area contributed by atoms with Gasteiger partial charge < -0.3 is 10.4 Å². The molecule has 0 spiro atoms. The highest BCUT2D eigenvalue weighted by atomic mass is 16.3. The van der Waals surface area contributed by atoms with Gasteiger partial charge >= 0.3 is 0 Å². The Kier molecular flexibility index (Phi) is 4.48. The molecule has 2 rings (SSSR count). The smallest absolute Gasteiger partial charge is 0.223 e. The van der Waals surface area contributed by atoms with Crippen LogP contribution >= 0.6 is 0 Å². The number of aromatic nitrogens is 2. The van der Waals surface area contributed by atoms with E-state index in [9.17, 15) is 9.90 Å². The van der Waals surface area contributed by atoms with Crippen LogP contribution in [0.1, 0.15) is 57.8 Å². The number of hydrogen-bond acceptors (Lipinski definition) is 3. The predicted octanol–water partition coefficient (Wildman–Crippen LogP) is 1.87. The second kappa shape index (κ2) is 5.95. The number of aromatic amines is 1. The fraction of sp³-hybridized carbons (Fsp3) is 0.733. The number of amides is 1. The van der Waals surface area contributed by atoms with Crippen molar-refractivity contribution in [2.45, 2.75) is 64.5 Å². The maximum Gasteiger partial charge on any atom is 0.223 e. The summed E-state index contributed by atoms with van der Waals surface area (Å²) in [6.07, 6.45) is 2.89. The van der Waals surface area contributed by atoms with E-state index in [1.165, 1.54) is 0 Å². The van der Waals surface area contributed by atoms with Crippen molar-refractivity contribution in [2.24, 2.45) is 5.92 Å². The Hall–Kier alpha value is -1.36. The van der Waals surface area contributed by atoms with Gasteiger partial charge in [-0.25, -0.2) is 0 Å². The molecule has 0 aliphatic heterocycles. The van der Waals surface area contributed by atoms with E-state index in [0.29, 0.717) is 13.0 Å². The molecule has 0 radical (unpaired) electrons. The number of nitrogens with zero attached hydrogens (tertiary/aromatic N) is 1. The van der Waals surface area contributed by atoms with E-state index in [1.54, 1.807) is 0 Å². The van der Waals surface area contributed by atoms with Crippen LogP contribution in [0.5, 0.6) is 0 Å². The second-order valence-electron chi connectivity index (χ2n) is 6.76. The molecule has 3 N–H and O–H groups in total. The van der Waals surface area contributed by atoms with Crippen LogP contribution in [-0.4, -0.2) is 27.3 Å². The Morgan fingerprint density at radius 3 is 2.85 bits per heavy atom. The van der Waals surface area contributed by atoms with Gasteiger partial charge in [0.2, 0.25) is 5.91 Å². The van der Waals surface area contributed by atoms with Crippen molar-refractivity contribution >= 4 is 5.91 Å².